The molecule has 0 unspecified atom stereocenters. The molecule has 1 rings (SSSR count). The van der Waals surface area contributed by atoms with Crippen molar-refractivity contribution in [1.82, 2.24) is 4.98 Å². The molecule has 0 aliphatic rings. The van der Waals surface area contributed by atoms with Gasteiger partial charge in [-0.1, -0.05) is 0 Å². The largest absolute Gasteiger partial charge is 0.298 e. The maximum atomic E-state index is 12.2. The van der Waals surface area contributed by atoms with Crippen LogP contribution in [-0.4, -0.2) is 11.3 Å². The standard InChI is InChI=1S/C7H3Br2F2NO/c8-4-1-5(7(10)11)12-6(9)3(4)2-13/h1-2,7H. The minimum absolute atomic E-state index is 0.118. The van der Waals surface area contributed by atoms with Crippen molar-refractivity contribution in [1.29, 1.82) is 0 Å². The molecule has 1 heterocycles. The Morgan fingerprint density at radius 1 is 1.46 bits per heavy atom. The summed E-state index contributed by atoms with van der Waals surface area (Å²) in [4.78, 5) is 14.0. The van der Waals surface area contributed by atoms with E-state index in [2.05, 4.69) is 36.8 Å². The van der Waals surface area contributed by atoms with E-state index in [-0.39, 0.29) is 15.9 Å². The van der Waals surface area contributed by atoms with Gasteiger partial charge in [-0.2, -0.15) is 0 Å². The zero-order valence-corrected chi connectivity index (χ0v) is 9.27. The van der Waals surface area contributed by atoms with Crippen molar-refractivity contribution in [3.8, 4) is 0 Å². The number of carbonyl (C=O) groups is 1. The molecule has 0 fully saturated rings. The summed E-state index contributed by atoms with van der Waals surface area (Å²) in [5.41, 5.74) is -0.145. The Balaban J connectivity index is 3.28. The third-order valence-corrected chi connectivity index (χ3v) is 2.58. The Hall–Kier alpha value is -0.360. The maximum Gasteiger partial charge on any atom is 0.280 e. The van der Waals surface area contributed by atoms with Gasteiger partial charge in [-0.25, -0.2) is 13.8 Å². The minimum Gasteiger partial charge on any atom is -0.298 e. The van der Waals surface area contributed by atoms with Gasteiger partial charge in [-0.3, -0.25) is 4.79 Å². The predicted molar refractivity (Wildman–Crippen MR) is 50.0 cm³/mol. The smallest absolute Gasteiger partial charge is 0.280 e. The molecule has 1 aromatic rings. The summed E-state index contributed by atoms with van der Waals surface area (Å²) in [5.74, 6) is 0. The van der Waals surface area contributed by atoms with E-state index in [0.717, 1.165) is 6.07 Å². The highest BCUT2D eigenvalue weighted by atomic mass is 79.9. The molecule has 0 N–H and O–H groups in total. The molecule has 0 aliphatic carbocycles. The van der Waals surface area contributed by atoms with Crippen LogP contribution in [0.1, 0.15) is 22.5 Å². The van der Waals surface area contributed by atoms with Gasteiger partial charge in [0.15, 0.2) is 6.29 Å². The van der Waals surface area contributed by atoms with Crippen molar-refractivity contribution in [2.24, 2.45) is 0 Å². The molecule has 0 saturated heterocycles. The van der Waals surface area contributed by atoms with E-state index < -0.39 is 6.43 Å². The molecule has 0 saturated carbocycles. The van der Waals surface area contributed by atoms with Gasteiger partial charge in [0, 0.05) is 4.47 Å². The number of alkyl halides is 2. The van der Waals surface area contributed by atoms with Crippen LogP contribution in [0.2, 0.25) is 0 Å². The van der Waals surface area contributed by atoms with Gasteiger partial charge in [0.05, 0.1) is 5.56 Å². The number of hydrogen-bond donors (Lipinski definition) is 0. The summed E-state index contributed by atoms with van der Waals surface area (Å²) in [7, 11) is 0. The summed E-state index contributed by atoms with van der Waals surface area (Å²) in [6.07, 6.45) is -2.11. The van der Waals surface area contributed by atoms with Crippen LogP contribution < -0.4 is 0 Å². The van der Waals surface area contributed by atoms with Crippen molar-refractivity contribution >= 4 is 38.1 Å². The topological polar surface area (TPSA) is 30.0 Å². The Bertz CT molecular complexity index is 320. The third-order valence-electron chi connectivity index (χ3n) is 1.32. The molecule has 70 valence electrons. The molecule has 0 aromatic carbocycles. The van der Waals surface area contributed by atoms with Crippen LogP contribution in [0.3, 0.4) is 0 Å². The fourth-order valence-electron chi connectivity index (χ4n) is 0.729. The second-order valence-corrected chi connectivity index (χ2v) is 3.76. The van der Waals surface area contributed by atoms with Gasteiger partial charge in [-0.15, -0.1) is 0 Å². The highest BCUT2D eigenvalue weighted by Crippen LogP contribution is 2.27. The molecule has 6 heteroatoms. The van der Waals surface area contributed by atoms with Crippen LogP contribution in [0.25, 0.3) is 0 Å². The van der Waals surface area contributed by atoms with Gasteiger partial charge in [0.2, 0.25) is 0 Å². The molecule has 2 nitrogen and oxygen atoms in total. The zero-order valence-electron chi connectivity index (χ0n) is 6.10. The number of aromatic nitrogens is 1. The first-order valence-electron chi connectivity index (χ1n) is 3.15. The molecule has 0 radical (unpaired) electrons. The van der Waals surface area contributed by atoms with Crippen LogP contribution in [0.4, 0.5) is 8.78 Å². The first-order chi connectivity index (χ1) is 6.06. The van der Waals surface area contributed by atoms with Crippen LogP contribution in [0.15, 0.2) is 15.1 Å². The SMILES string of the molecule is O=Cc1c(Br)cc(C(F)F)nc1Br. The molecule has 0 bridgehead atoms. The molecule has 1 aromatic heterocycles. The van der Waals surface area contributed by atoms with Gasteiger partial charge < -0.3 is 0 Å². The second-order valence-electron chi connectivity index (χ2n) is 2.15. The third kappa shape index (κ3) is 2.31. The fraction of sp³-hybridized carbons (Fsp3) is 0.143. The van der Waals surface area contributed by atoms with Gasteiger partial charge in [0.1, 0.15) is 10.3 Å². The lowest BCUT2D eigenvalue weighted by atomic mass is 10.3. The van der Waals surface area contributed by atoms with Gasteiger partial charge in [0.25, 0.3) is 6.43 Å². The van der Waals surface area contributed by atoms with Crippen LogP contribution in [-0.2, 0) is 0 Å². The normalized spacial score (nSPS) is 10.5. The van der Waals surface area contributed by atoms with Crippen molar-refractivity contribution < 1.29 is 13.6 Å². The van der Waals surface area contributed by atoms with E-state index >= 15 is 0 Å². The molecule has 13 heavy (non-hydrogen) atoms. The van der Waals surface area contributed by atoms with Crippen LogP contribution in [0, 0.1) is 0 Å². The number of nitrogens with zero attached hydrogens (tertiary/aromatic N) is 1. The number of hydrogen-bond acceptors (Lipinski definition) is 2. The number of rotatable bonds is 2. The lowest BCUT2D eigenvalue weighted by molar-refractivity contribution is 0.112. The molecule has 0 amide bonds. The minimum atomic E-state index is -2.65. The Morgan fingerprint density at radius 2 is 2.08 bits per heavy atom. The van der Waals surface area contributed by atoms with Crippen molar-refractivity contribution in [2.45, 2.75) is 6.43 Å². The van der Waals surface area contributed by atoms with Crippen molar-refractivity contribution in [3.05, 3.63) is 26.4 Å². The van der Waals surface area contributed by atoms with E-state index in [9.17, 15) is 13.6 Å². The van der Waals surface area contributed by atoms with E-state index in [1.54, 1.807) is 0 Å². The molecule has 0 aliphatic heterocycles. The molecule has 0 atom stereocenters. The van der Waals surface area contributed by atoms with Crippen LogP contribution >= 0.6 is 31.9 Å². The summed E-state index contributed by atoms with van der Waals surface area (Å²) >= 11 is 5.91. The van der Waals surface area contributed by atoms with Gasteiger partial charge in [-0.05, 0) is 37.9 Å². The average molecular weight is 315 g/mol. The number of pyridine rings is 1. The lowest BCUT2D eigenvalue weighted by Crippen LogP contribution is -1.95. The quantitative estimate of drug-likeness (QED) is 0.619. The summed E-state index contributed by atoms with van der Waals surface area (Å²) in [5, 5.41) is 0. The van der Waals surface area contributed by atoms with Gasteiger partial charge >= 0.3 is 0 Å². The highest BCUT2D eigenvalue weighted by molar-refractivity contribution is 9.11. The first-order valence-corrected chi connectivity index (χ1v) is 4.74. The molecular weight excluding hydrogens is 312 g/mol. The van der Waals surface area contributed by atoms with E-state index in [4.69, 9.17) is 0 Å². The summed E-state index contributed by atoms with van der Waals surface area (Å²) in [6, 6.07) is 1.12. The van der Waals surface area contributed by atoms with Crippen molar-refractivity contribution in [3.63, 3.8) is 0 Å². The average Bonchev–Trinajstić information content (AvgIpc) is 2.03. The highest BCUT2D eigenvalue weighted by Gasteiger charge is 2.14. The zero-order chi connectivity index (χ0) is 10.0. The Labute approximate surface area is 89.6 Å². The number of halogens is 4. The first kappa shape index (κ1) is 10.7. The Morgan fingerprint density at radius 3 is 2.46 bits per heavy atom. The number of carbonyl (C=O) groups excluding carboxylic acids is 1. The van der Waals surface area contributed by atoms with E-state index in [0.29, 0.717) is 10.8 Å². The second kappa shape index (κ2) is 4.23. The number of aldehydes is 1. The molecule has 0 spiro atoms. The van der Waals surface area contributed by atoms with Crippen LogP contribution in [0.5, 0.6) is 0 Å². The monoisotopic (exact) mass is 313 g/mol. The maximum absolute atomic E-state index is 12.2. The van der Waals surface area contributed by atoms with Crippen molar-refractivity contribution in [2.75, 3.05) is 0 Å². The predicted octanol–water partition coefficient (Wildman–Crippen LogP) is 3.36. The fourth-order valence-corrected chi connectivity index (χ4v) is 2.02. The lowest BCUT2D eigenvalue weighted by Gasteiger charge is -2.03. The van der Waals surface area contributed by atoms with E-state index in [1.165, 1.54) is 0 Å². The summed E-state index contributed by atoms with van der Waals surface area (Å²) in [6.45, 7) is 0. The summed E-state index contributed by atoms with van der Waals surface area (Å²) < 4.78 is 24.8. The van der Waals surface area contributed by atoms with E-state index in [1.807, 2.05) is 0 Å². The Kier molecular flexibility index (Phi) is 3.49. The molecular formula is C7H3Br2F2NO.